The van der Waals surface area contributed by atoms with Crippen LogP contribution < -0.4 is 0 Å². The zero-order valence-corrected chi connectivity index (χ0v) is 6.96. The third-order valence-corrected chi connectivity index (χ3v) is 2.15. The molecule has 0 fully saturated rings. The van der Waals surface area contributed by atoms with E-state index in [9.17, 15) is 0 Å². The fourth-order valence-corrected chi connectivity index (χ4v) is 1.06. The van der Waals surface area contributed by atoms with Crippen molar-refractivity contribution in [1.82, 2.24) is 4.31 Å². The van der Waals surface area contributed by atoms with E-state index in [1.54, 1.807) is 0 Å². The molecule has 0 spiro atoms. The summed E-state index contributed by atoms with van der Waals surface area (Å²) < 4.78 is 2.26. The van der Waals surface area contributed by atoms with Crippen LogP contribution in [0, 0.1) is 0 Å². The molecule has 50 valence electrons. The first kappa shape index (κ1) is 8.31. The van der Waals surface area contributed by atoms with Crippen molar-refractivity contribution in [2.45, 2.75) is 26.8 Å². The van der Waals surface area contributed by atoms with Crippen LogP contribution in [0.25, 0.3) is 0 Å². The Morgan fingerprint density at radius 3 is 2.12 bits per heavy atom. The van der Waals surface area contributed by atoms with E-state index in [0.29, 0.717) is 6.04 Å². The van der Waals surface area contributed by atoms with E-state index in [-0.39, 0.29) is 0 Å². The van der Waals surface area contributed by atoms with Crippen molar-refractivity contribution in [3.8, 4) is 0 Å². The summed E-state index contributed by atoms with van der Waals surface area (Å²) in [5.41, 5.74) is 0. The second-order valence-corrected chi connectivity index (χ2v) is 3.47. The quantitative estimate of drug-likeness (QED) is 0.542. The summed E-state index contributed by atoms with van der Waals surface area (Å²) in [5, 5.41) is 0. The summed E-state index contributed by atoms with van der Waals surface area (Å²) in [4.78, 5) is 0. The molecule has 0 aromatic rings. The number of hydrogen-bond acceptors (Lipinski definition) is 2. The van der Waals surface area contributed by atoms with Crippen molar-refractivity contribution >= 4 is 11.9 Å². The van der Waals surface area contributed by atoms with E-state index >= 15 is 0 Å². The largest absolute Gasteiger partial charge is 0.251 e. The third-order valence-electron chi connectivity index (χ3n) is 1.06. The van der Waals surface area contributed by atoms with Gasteiger partial charge in [-0.3, -0.25) is 4.31 Å². The molecule has 0 rings (SSSR count). The number of nitrogens with zero attached hydrogens (tertiary/aromatic N) is 1. The van der Waals surface area contributed by atoms with Gasteiger partial charge in [0.05, 0.1) is 0 Å². The molecule has 0 unspecified atom stereocenters. The van der Waals surface area contributed by atoms with E-state index in [0.717, 1.165) is 0 Å². The van der Waals surface area contributed by atoms with Crippen molar-refractivity contribution in [1.29, 1.82) is 0 Å². The van der Waals surface area contributed by atoms with Gasteiger partial charge in [-0.25, -0.2) is 0 Å². The molecule has 0 heterocycles. The number of rotatable bonds is 3. The predicted octanol–water partition coefficient (Wildman–Crippen LogP) is 1.99. The Morgan fingerprint density at radius 1 is 1.50 bits per heavy atom. The van der Waals surface area contributed by atoms with E-state index < -0.39 is 0 Å². The molecule has 2 heteroatoms. The van der Waals surface area contributed by atoms with Gasteiger partial charge in [-0.1, -0.05) is 18.9 Å². The van der Waals surface area contributed by atoms with Crippen LogP contribution in [-0.2, 0) is 0 Å². The van der Waals surface area contributed by atoms with Gasteiger partial charge < -0.3 is 0 Å². The second kappa shape index (κ2) is 4.21. The smallest absolute Gasteiger partial charge is 0.0142 e. The lowest BCUT2D eigenvalue weighted by atomic mass is 10.4. The minimum atomic E-state index is 0.667. The average Bonchev–Trinajstić information content (AvgIpc) is 1.67. The zero-order valence-electron chi connectivity index (χ0n) is 6.14. The van der Waals surface area contributed by atoms with Crippen molar-refractivity contribution in [3.05, 3.63) is 0 Å². The minimum Gasteiger partial charge on any atom is -0.251 e. The molecule has 0 aromatic carbocycles. The highest BCUT2D eigenvalue weighted by Gasteiger charge is 1.99. The van der Waals surface area contributed by atoms with E-state index in [4.69, 9.17) is 0 Å². The minimum absolute atomic E-state index is 0.667. The van der Waals surface area contributed by atoms with Gasteiger partial charge in [0.15, 0.2) is 0 Å². The van der Waals surface area contributed by atoms with Crippen molar-refractivity contribution in [3.63, 3.8) is 0 Å². The van der Waals surface area contributed by atoms with E-state index in [1.165, 1.54) is 5.75 Å². The Labute approximate surface area is 56.6 Å². The van der Waals surface area contributed by atoms with E-state index in [2.05, 4.69) is 32.1 Å². The lowest BCUT2D eigenvalue weighted by Gasteiger charge is -2.17. The number of hydrogen-bond donors (Lipinski definition) is 0. The Hall–Kier alpha value is 0.310. The lowest BCUT2D eigenvalue weighted by Crippen LogP contribution is -2.18. The van der Waals surface area contributed by atoms with Gasteiger partial charge in [-0.2, -0.15) is 0 Å². The lowest BCUT2D eigenvalue weighted by molar-refractivity contribution is 0.469. The molecule has 0 aliphatic rings. The van der Waals surface area contributed by atoms with Gasteiger partial charge in [-0.15, -0.1) is 0 Å². The molecule has 0 aromatic heterocycles. The zero-order chi connectivity index (χ0) is 6.57. The summed E-state index contributed by atoms with van der Waals surface area (Å²) in [6, 6.07) is 0.667. The molecule has 0 aliphatic carbocycles. The maximum atomic E-state index is 2.26. The Kier molecular flexibility index (Phi) is 4.38. The van der Waals surface area contributed by atoms with E-state index in [1.807, 2.05) is 11.9 Å². The predicted molar refractivity (Wildman–Crippen MR) is 41.0 cm³/mol. The summed E-state index contributed by atoms with van der Waals surface area (Å²) in [6.07, 6.45) is 0. The molecule has 0 amide bonds. The van der Waals surface area contributed by atoms with Crippen molar-refractivity contribution in [2.75, 3.05) is 12.8 Å². The van der Waals surface area contributed by atoms with Crippen LogP contribution in [0.3, 0.4) is 0 Å². The van der Waals surface area contributed by atoms with Gasteiger partial charge >= 0.3 is 0 Å². The SMILES string of the molecule is CCSN(C)C(C)C. The van der Waals surface area contributed by atoms with Gasteiger partial charge in [0.25, 0.3) is 0 Å². The first-order valence-corrected chi connectivity index (χ1v) is 3.98. The molecule has 1 nitrogen and oxygen atoms in total. The van der Waals surface area contributed by atoms with Crippen molar-refractivity contribution in [2.24, 2.45) is 0 Å². The molecule has 0 radical (unpaired) electrons. The highest BCUT2D eigenvalue weighted by Crippen LogP contribution is 2.08. The normalized spacial score (nSPS) is 11.2. The Morgan fingerprint density at radius 2 is 2.00 bits per heavy atom. The Balaban J connectivity index is 3.17. The highest BCUT2D eigenvalue weighted by atomic mass is 32.2. The maximum absolute atomic E-state index is 2.26. The molecule has 8 heavy (non-hydrogen) atoms. The molecule has 0 atom stereocenters. The third kappa shape index (κ3) is 3.33. The van der Waals surface area contributed by atoms with Crippen LogP contribution in [0.1, 0.15) is 20.8 Å². The first-order chi connectivity index (χ1) is 3.68. The average molecular weight is 133 g/mol. The summed E-state index contributed by atoms with van der Waals surface area (Å²) in [5.74, 6) is 1.18. The van der Waals surface area contributed by atoms with Crippen LogP contribution >= 0.6 is 11.9 Å². The second-order valence-electron chi connectivity index (χ2n) is 2.06. The molecular weight excluding hydrogens is 118 g/mol. The van der Waals surface area contributed by atoms with Gasteiger partial charge in [0.2, 0.25) is 0 Å². The molecule has 0 N–H and O–H groups in total. The van der Waals surface area contributed by atoms with Crippen LogP contribution in [0.2, 0.25) is 0 Å². The van der Waals surface area contributed by atoms with Gasteiger partial charge in [-0.05, 0) is 20.9 Å². The van der Waals surface area contributed by atoms with Crippen molar-refractivity contribution < 1.29 is 0 Å². The molecule has 0 aliphatic heterocycles. The molecular formula is C6H15NS. The van der Waals surface area contributed by atoms with Crippen LogP contribution in [0.5, 0.6) is 0 Å². The Bertz CT molecular complexity index is 54.5. The highest BCUT2D eigenvalue weighted by molar-refractivity contribution is 7.96. The summed E-state index contributed by atoms with van der Waals surface area (Å²) in [6.45, 7) is 6.56. The monoisotopic (exact) mass is 133 g/mol. The standard InChI is InChI=1S/C6H15NS/c1-5-8-7(4)6(2)3/h6H,5H2,1-4H3. The fourth-order valence-electron chi connectivity index (χ4n) is 0.353. The maximum Gasteiger partial charge on any atom is 0.0142 e. The first-order valence-electron chi connectivity index (χ1n) is 3.04. The van der Waals surface area contributed by atoms with Gasteiger partial charge in [0, 0.05) is 11.8 Å². The van der Waals surface area contributed by atoms with Crippen LogP contribution in [-0.4, -0.2) is 23.1 Å². The van der Waals surface area contributed by atoms with Crippen LogP contribution in [0.15, 0.2) is 0 Å². The topological polar surface area (TPSA) is 3.24 Å². The molecule has 0 saturated heterocycles. The molecule has 0 saturated carbocycles. The molecule has 0 bridgehead atoms. The van der Waals surface area contributed by atoms with Gasteiger partial charge in [0.1, 0.15) is 0 Å². The van der Waals surface area contributed by atoms with Crippen LogP contribution in [0.4, 0.5) is 0 Å². The summed E-state index contributed by atoms with van der Waals surface area (Å²) >= 11 is 1.87. The summed E-state index contributed by atoms with van der Waals surface area (Å²) in [7, 11) is 2.12. The fraction of sp³-hybridized carbons (Fsp3) is 1.00.